The lowest BCUT2D eigenvalue weighted by molar-refractivity contribution is 0.0748. The van der Waals surface area contributed by atoms with Crippen LogP contribution in [0, 0.1) is 13.8 Å². The number of nitrogens with zero attached hydrogens (tertiary/aromatic N) is 6. The molecule has 1 saturated heterocycles. The lowest BCUT2D eigenvalue weighted by atomic mass is 10.1. The van der Waals surface area contributed by atoms with Gasteiger partial charge in [0.15, 0.2) is 5.03 Å². The average molecular weight is 447 g/mol. The van der Waals surface area contributed by atoms with Crippen LogP contribution >= 0.6 is 0 Å². The molecule has 0 N–H and O–H groups in total. The number of hydrogen-bond acceptors (Lipinski definition) is 9. The van der Waals surface area contributed by atoms with Gasteiger partial charge in [0, 0.05) is 50.8 Å². The van der Waals surface area contributed by atoms with Crippen LogP contribution in [-0.2, 0) is 14.8 Å². The van der Waals surface area contributed by atoms with Crippen LogP contribution in [-0.4, -0.2) is 91.0 Å². The Bertz CT molecular complexity index is 1050. The summed E-state index contributed by atoms with van der Waals surface area (Å²) in [4.78, 5) is 29.7. The van der Waals surface area contributed by atoms with Crippen molar-refractivity contribution >= 4 is 21.9 Å². The highest BCUT2D eigenvalue weighted by Gasteiger charge is 2.43. The Kier molecular flexibility index (Phi) is 6.17. The smallest absolute Gasteiger partial charge is 0.285 e. The maximum absolute atomic E-state index is 12.7. The molecule has 2 aliphatic rings. The molecule has 0 radical (unpaired) electrons. The number of sulfonamides is 1. The molecule has 0 unspecified atom stereocenters. The fraction of sp³-hybridized carbons (Fsp3) is 0.500. The van der Waals surface area contributed by atoms with Gasteiger partial charge in [-0.25, -0.2) is 19.3 Å². The van der Waals surface area contributed by atoms with Crippen LogP contribution in [0.25, 0.3) is 0 Å². The first-order chi connectivity index (χ1) is 14.9. The topological polar surface area (TPSA) is 109 Å². The van der Waals surface area contributed by atoms with E-state index in [0.29, 0.717) is 17.9 Å². The van der Waals surface area contributed by atoms with Gasteiger partial charge in [-0.3, -0.25) is 9.69 Å². The van der Waals surface area contributed by atoms with Crippen LogP contribution in [0.1, 0.15) is 21.6 Å². The molecule has 1 fully saturated rings. The van der Waals surface area contributed by atoms with Crippen molar-refractivity contribution in [3.05, 3.63) is 41.3 Å². The zero-order valence-corrected chi connectivity index (χ0v) is 18.5. The molecular formula is C20H26N6O4S. The van der Waals surface area contributed by atoms with Crippen LogP contribution in [0.2, 0.25) is 0 Å². The monoisotopic (exact) mass is 446 g/mol. The van der Waals surface area contributed by atoms with Crippen molar-refractivity contribution in [3.8, 4) is 0 Å². The van der Waals surface area contributed by atoms with E-state index < -0.39 is 15.9 Å². The van der Waals surface area contributed by atoms with Crippen molar-refractivity contribution in [3.63, 3.8) is 0 Å². The number of hydrogen-bond donors (Lipinski definition) is 0. The van der Waals surface area contributed by atoms with Gasteiger partial charge in [-0.05, 0) is 31.5 Å². The summed E-state index contributed by atoms with van der Waals surface area (Å²) in [5.41, 5.74) is 1.37. The van der Waals surface area contributed by atoms with Crippen LogP contribution < -0.4 is 4.90 Å². The third-order valence-corrected chi connectivity index (χ3v) is 7.20. The number of anilines is 1. The number of ether oxygens (including phenoxy) is 1. The number of amides is 1. The Morgan fingerprint density at radius 3 is 2.42 bits per heavy atom. The van der Waals surface area contributed by atoms with Gasteiger partial charge in [0.1, 0.15) is 0 Å². The second-order valence-corrected chi connectivity index (χ2v) is 9.41. The van der Waals surface area contributed by atoms with Crippen molar-refractivity contribution in [1.82, 2.24) is 24.2 Å². The molecule has 0 atom stereocenters. The Morgan fingerprint density at radius 2 is 1.71 bits per heavy atom. The second kappa shape index (κ2) is 8.85. The quantitative estimate of drug-likeness (QED) is 0.561. The van der Waals surface area contributed by atoms with Gasteiger partial charge in [0.05, 0.1) is 25.3 Å². The van der Waals surface area contributed by atoms with Crippen molar-refractivity contribution in [1.29, 1.82) is 0 Å². The molecule has 4 heterocycles. The summed E-state index contributed by atoms with van der Waals surface area (Å²) in [5, 5.41) is -0.143. The van der Waals surface area contributed by atoms with Gasteiger partial charge in [-0.1, -0.05) is 0 Å². The zero-order valence-electron chi connectivity index (χ0n) is 17.7. The van der Waals surface area contributed by atoms with Crippen molar-refractivity contribution in [2.75, 3.05) is 57.4 Å². The Morgan fingerprint density at radius 1 is 1.03 bits per heavy atom. The molecule has 4 rings (SSSR count). The highest BCUT2D eigenvalue weighted by Crippen LogP contribution is 2.31. The maximum Gasteiger partial charge on any atom is 0.285 e. The summed E-state index contributed by atoms with van der Waals surface area (Å²) in [6.45, 7) is 8.21. The number of carbonyl (C=O) groups is 1. The van der Waals surface area contributed by atoms with Gasteiger partial charge in [-0.2, -0.15) is 8.42 Å². The Balaban J connectivity index is 1.22. The fourth-order valence-electron chi connectivity index (χ4n) is 3.88. The fourth-order valence-corrected chi connectivity index (χ4v) is 5.48. The molecule has 1 amide bonds. The van der Waals surface area contributed by atoms with Crippen molar-refractivity contribution in [2.24, 2.45) is 0 Å². The SMILES string of the molecule is Cc1cc(C)c2c(n1)S(=O)(=O)N(CCOCCN1CCN(c3ncccn3)CC1)C2=O. The van der Waals surface area contributed by atoms with Crippen LogP contribution in [0.4, 0.5) is 5.95 Å². The molecule has 166 valence electrons. The number of piperazine rings is 1. The summed E-state index contributed by atoms with van der Waals surface area (Å²) in [7, 11) is -3.92. The molecule has 2 aliphatic heterocycles. The largest absolute Gasteiger partial charge is 0.378 e. The van der Waals surface area contributed by atoms with Crippen molar-refractivity contribution in [2.45, 2.75) is 18.9 Å². The van der Waals surface area contributed by atoms with E-state index in [0.717, 1.165) is 43.0 Å². The Labute approximate surface area is 181 Å². The molecule has 11 heteroatoms. The van der Waals surface area contributed by atoms with Crippen molar-refractivity contribution < 1.29 is 17.9 Å². The second-order valence-electron chi connectivity index (χ2n) is 7.63. The number of aryl methyl sites for hydroxylation is 2. The van der Waals surface area contributed by atoms with Gasteiger partial charge in [0.2, 0.25) is 5.95 Å². The summed E-state index contributed by atoms with van der Waals surface area (Å²) in [5.74, 6) is 0.221. The van der Waals surface area contributed by atoms with Crippen LogP contribution in [0.15, 0.2) is 29.6 Å². The van der Waals surface area contributed by atoms with E-state index in [1.165, 1.54) is 0 Å². The number of carbonyl (C=O) groups excluding carboxylic acids is 1. The van der Waals surface area contributed by atoms with E-state index in [1.54, 1.807) is 38.4 Å². The number of fused-ring (bicyclic) bond motifs is 1. The lowest BCUT2D eigenvalue weighted by Gasteiger charge is -2.34. The third kappa shape index (κ3) is 4.39. The summed E-state index contributed by atoms with van der Waals surface area (Å²) in [6.07, 6.45) is 3.48. The molecule has 0 saturated carbocycles. The number of pyridine rings is 1. The van der Waals surface area contributed by atoms with Crippen LogP contribution in [0.5, 0.6) is 0 Å². The van der Waals surface area contributed by atoms with E-state index in [2.05, 4.69) is 24.8 Å². The predicted molar refractivity (Wildman–Crippen MR) is 113 cm³/mol. The summed E-state index contributed by atoms with van der Waals surface area (Å²) < 4.78 is 32.0. The standard InChI is InChI=1S/C20H26N6O4S/c1-15-14-16(2)23-18-17(15)19(27)26(31(18,28)29)11-13-30-12-10-24-6-8-25(9-7-24)20-21-4-3-5-22-20/h3-5,14H,6-13H2,1-2H3. The van der Waals surface area contributed by atoms with E-state index >= 15 is 0 Å². The average Bonchev–Trinajstić information content (AvgIpc) is 2.94. The molecular weight excluding hydrogens is 420 g/mol. The van der Waals surface area contributed by atoms with E-state index in [1.807, 2.05) is 0 Å². The normalized spacial score (nSPS) is 18.5. The number of aromatic nitrogens is 3. The molecule has 31 heavy (non-hydrogen) atoms. The first-order valence-electron chi connectivity index (χ1n) is 10.3. The van der Waals surface area contributed by atoms with Gasteiger partial charge in [0.25, 0.3) is 15.9 Å². The first kappa shape index (κ1) is 21.6. The number of rotatable bonds is 7. The van der Waals surface area contributed by atoms with E-state index in [-0.39, 0.29) is 23.7 Å². The highest BCUT2D eigenvalue weighted by atomic mass is 32.2. The summed E-state index contributed by atoms with van der Waals surface area (Å²) in [6, 6.07) is 3.52. The molecule has 0 aliphatic carbocycles. The molecule has 10 nitrogen and oxygen atoms in total. The lowest BCUT2D eigenvalue weighted by Crippen LogP contribution is -2.48. The minimum absolute atomic E-state index is 0.0187. The molecule has 0 aromatic carbocycles. The van der Waals surface area contributed by atoms with Gasteiger partial charge < -0.3 is 9.64 Å². The third-order valence-electron chi connectivity index (χ3n) is 5.48. The van der Waals surface area contributed by atoms with E-state index in [4.69, 9.17) is 4.74 Å². The maximum atomic E-state index is 12.7. The molecule has 0 spiro atoms. The highest BCUT2D eigenvalue weighted by molar-refractivity contribution is 7.90. The summed E-state index contributed by atoms with van der Waals surface area (Å²) >= 11 is 0. The molecule has 2 aromatic heterocycles. The minimum Gasteiger partial charge on any atom is -0.378 e. The van der Waals surface area contributed by atoms with Gasteiger partial charge in [-0.15, -0.1) is 0 Å². The van der Waals surface area contributed by atoms with Gasteiger partial charge >= 0.3 is 0 Å². The van der Waals surface area contributed by atoms with Crippen LogP contribution in [0.3, 0.4) is 0 Å². The zero-order chi connectivity index (χ0) is 22.0. The minimum atomic E-state index is -3.92. The Hall–Kier alpha value is -2.63. The van der Waals surface area contributed by atoms with E-state index in [9.17, 15) is 13.2 Å². The molecule has 0 bridgehead atoms. The molecule has 2 aromatic rings. The predicted octanol–water partition coefficient (Wildman–Crippen LogP) is 0.472. The first-order valence-corrected chi connectivity index (χ1v) is 11.7.